The van der Waals surface area contributed by atoms with E-state index in [1.165, 1.54) is 22.3 Å². The zero-order chi connectivity index (χ0) is 14.4. The van der Waals surface area contributed by atoms with Crippen LogP contribution in [0.2, 0.25) is 0 Å². The Balaban J connectivity index is 2.40. The molecule has 2 heterocycles. The van der Waals surface area contributed by atoms with Crippen molar-refractivity contribution in [3.63, 3.8) is 0 Å². The minimum Gasteiger partial charge on any atom is -0.216 e. The Morgan fingerprint density at radius 2 is 1.55 bits per heavy atom. The van der Waals surface area contributed by atoms with Crippen molar-refractivity contribution >= 4 is 5.78 Å². The molecule has 102 valence electrons. The van der Waals surface area contributed by atoms with Crippen LogP contribution in [0.3, 0.4) is 0 Å². The van der Waals surface area contributed by atoms with Crippen LogP contribution in [0.5, 0.6) is 0 Å². The predicted octanol–water partition coefficient (Wildman–Crippen LogP) is 3.33. The van der Waals surface area contributed by atoms with E-state index < -0.39 is 0 Å². The van der Waals surface area contributed by atoms with Crippen molar-refractivity contribution in [2.24, 2.45) is 0 Å². The molecule has 0 bridgehead atoms. The van der Waals surface area contributed by atoms with E-state index in [9.17, 15) is 0 Å². The predicted molar refractivity (Wildman–Crippen MR) is 79.9 cm³/mol. The molecule has 3 aromatic rings. The van der Waals surface area contributed by atoms with Gasteiger partial charge in [0.25, 0.3) is 5.78 Å². The summed E-state index contributed by atoms with van der Waals surface area (Å²) in [7, 11) is 0. The van der Waals surface area contributed by atoms with Gasteiger partial charge in [0.1, 0.15) is 6.33 Å². The summed E-state index contributed by atoms with van der Waals surface area (Å²) in [5.74, 6) is 0.658. The Labute approximate surface area is 118 Å². The highest BCUT2D eigenvalue weighted by atomic mass is 15.3. The first-order valence-corrected chi connectivity index (χ1v) is 6.74. The number of hydrogen-bond acceptors (Lipinski definition) is 3. The summed E-state index contributed by atoms with van der Waals surface area (Å²) < 4.78 is 1.81. The molecular formula is C16H18N4. The monoisotopic (exact) mass is 266 g/mol. The maximum atomic E-state index is 4.57. The molecule has 0 aliphatic rings. The molecule has 4 heteroatoms. The molecule has 0 radical (unpaired) electrons. The smallest absolute Gasteiger partial charge is 0.216 e. The molecule has 0 spiro atoms. The molecule has 4 nitrogen and oxygen atoms in total. The van der Waals surface area contributed by atoms with E-state index in [0.29, 0.717) is 5.78 Å². The molecule has 0 N–H and O–H groups in total. The van der Waals surface area contributed by atoms with E-state index in [2.05, 4.69) is 54.9 Å². The average Bonchev–Trinajstić information content (AvgIpc) is 2.80. The maximum Gasteiger partial charge on any atom is 0.252 e. The number of fused-ring (bicyclic) bond motifs is 1. The molecule has 0 unspecified atom stereocenters. The van der Waals surface area contributed by atoms with Crippen molar-refractivity contribution < 1.29 is 0 Å². The summed E-state index contributed by atoms with van der Waals surface area (Å²) in [6.45, 7) is 10.5. The molecule has 0 saturated heterocycles. The van der Waals surface area contributed by atoms with E-state index in [4.69, 9.17) is 0 Å². The van der Waals surface area contributed by atoms with Gasteiger partial charge >= 0.3 is 0 Å². The number of hydrogen-bond donors (Lipinski definition) is 0. The normalized spacial score (nSPS) is 11.2. The van der Waals surface area contributed by atoms with Crippen molar-refractivity contribution in [1.82, 2.24) is 19.6 Å². The van der Waals surface area contributed by atoms with Crippen LogP contribution < -0.4 is 0 Å². The first-order valence-electron chi connectivity index (χ1n) is 6.74. The van der Waals surface area contributed by atoms with Gasteiger partial charge in [-0.1, -0.05) is 17.7 Å². The number of benzene rings is 1. The summed E-state index contributed by atoms with van der Waals surface area (Å²) in [5.41, 5.74) is 8.34. The fourth-order valence-electron chi connectivity index (χ4n) is 3.06. The fraction of sp³-hybridized carbons (Fsp3) is 0.312. The molecule has 1 aromatic carbocycles. The van der Waals surface area contributed by atoms with E-state index in [-0.39, 0.29) is 0 Å². The lowest BCUT2D eigenvalue weighted by Gasteiger charge is -2.16. The highest BCUT2D eigenvalue weighted by Gasteiger charge is 2.16. The third kappa shape index (κ3) is 1.80. The summed E-state index contributed by atoms with van der Waals surface area (Å²) >= 11 is 0. The Bertz CT molecular complexity index is 792. The van der Waals surface area contributed by atoms with Gasteiger partial charge < -0.3 is 0 Å². The van der Waals surface area contributed by atoms with Gasteiger partial charge in [0.05, 0.1) is 11.4 Å². The Morgan fingerprint density at radius 3 is 2.20 bits per heavy atom. The fourth-order valence-corrected chi connectivity index (χ4v) is 3.06. The third-order valence-electron chi connectivity index (χ3n) is 3.77. The van der Waals surface area contributed by atoms with Gasteiger partial charge in [0.15, 0.2) is 0 Å². The number of aryl methyl sites for hydroxylation is 5. The average molecular weight is 266 g/mol. The van der Waals surface area contributed by atoms with Crippen LogP contribution in [-0.4, -0.2) is 19.6 Å². The molecule has 0 saturated carbocycles. The quantitative estimate of drug-likeness (QED) is 0.678. The van der Waals surface area contributed by atoms with Crippen molar-refractivity contribution in [2.45, 2.75) is 34.6 Å². The molecule has 0 aliphatic carbocycles. The van der Waals surface area contributed by atoms with Crippen LogP contribution in [0.1, 0.15) is 28.1 Å². The molecule has 0 amide bonds. The van der Waals surface area contributed by atoms with Crippen molar-refractivity contribution in [3.8, 4) is 11.1 Å². The summed E-state index contributed by atoms with van der Waals surface area (Å²) in [4.78, 5) is 8.74. The summed E-state index contributed by atoms with van der Waals surface area (Å²) in [5, 5.41) is 4.27. The molecular weight excluding hydrogens is 248 g/mol. The topological polar surface area (TPSA) is 43.1 Å². The second-order valence-electron chi connectivity index (χ2n) is 5.40. The molecule has 20 heavy (non-hydrogen) atoms. The number of rotatable bonds is 1. The summed E-state index contributed by atoms with van der Waals surface area (Å²) in [6, 6.07) is 4.43. The molecule has 2 aromatic heterocycles. The van der Waals surface area contributed by atoms with Crippen LogP contribution in [0.25, 0.3) is 16.9 Å². The minimum atomic E-state index is 0.658. The lowest BCUT2D eigenvalue weighted by molar-refractivity contribution is 0.887. The largest absolute Gasteiger partial charge is 0.252 e. The van der Waals surface area contributed by atoms with E-state index in [1.54, 1.807) is 10.8 Å². The highest BCUT2D eigenvalue weighted by molar-refractivity contribution is 5.75. The van der Waals surface area contributed by atoms with Crippen LogP contribution in [0.4, 0.5) is 0 Å². The van der Waals surface area contributed by atoms with Crippen LogP contribution >= 0.6 is 0 Å². The first-order chi connectivity index (χ1) is 9.49. The van der Waals surface area contributed by atoms with Gasteiger partial charge in [0.2, 0.25) is 0 Å². The lowest BCUT2D eigenvalue weighted by Crippen LogP contribution is -2.04. The van der Waals surface area contributed by atoms with Gasteiger partial charge in [-0.25, -0.2) is 9.50 Å². The molecule has 3 rings (SSSR count). The first kappa shape index (κ1) is 12.8. The second kappa shape index (κ2) is 4.40. The van der Waals surface area contributed by atoms with Crippen LogP contribution in [0, 0.1) is 34.6 Å². The van der Waals surface area contributed by atoms with Gasteiger partial charge in [-0.3, -0.25) is 0 Å². The second-order valence-corrected chi connectivity index (χ2v) is 5.40. The van der Waals surface area contributed by atoms with Crippen LogP contribution in [-0.2, 0) is 0 Å². The SMILES string of the molecule is Cc1cc(C)c(-c2c(C)nc3ncnn3c2C)c(C)c1. The van der Waals surface area contributed by atoms with Gasteiger partial charge in [-0.15, -0.1) is 0 Å². The van der Waals surface area contributed by atoms with Gasteiger partial charge in [-0.05, 0) is 51.3 Å². The highest BCUT2D eigenvalue weighted by Crippen LogP contribution is 2.32. The maximum absolute atomic E-state index is 4.57. The van der Waals surface area contributed by atoms with Crippen molar-refractivity contribution in [3.05, 3.63) is 46.5 Å². The zero-order valence-corrected chi connectivity index (χ0v) is 12.5. The van der Waals surface area contributed by atoms with E-state index in [1.807, 2.05) is 6.92 Å². The van der Waals surface area contributed by atoms with Crippen molar-refractivity contribution in [2.75, 3.05) is 0 Å². The zero-order valence-electron chi connectivity index (χ0n) is 12.5. The molecule has 0 fully saturated rings. The van der Waals surface area contributed by atoms with Crippen LogP contribution in [0.15, 0.2) is 18.5 Å². The van der Waals surface area contributed by atoms with E-state index in [0.717, 1.165) is 17.0 Å². The molecule has 0 aliphatic heterocycles. The molecule has 0 atom stereocenters. The van der Waals surface area contributed by atoms with Gasteiger partial charge in [0, 0.05) is 5.56 Å². The Kier molecular flexibility index (Phi) is 2.82. The third-order valence-corrected chi connectivity index (χ3v) is 3.77. The number of nitrogens with zero attached hydrogens (tertiary/aromatic N) is 4. The standard InChI is InChI=1S/C16H18N4/c1-9-6-10(2)14(11(3)7-9)15-12(4)19-16-17-8-18-20(16)13(15)5/h6-8H,1-5H3. The Hall–Kier alpha value is -2.23. The van der Waals surface area contributed by atoms with Gasteiger partial charge in [-0.2, -0.15) is 10.1 Å². The lowest BCUT2D eigenvalue weighted by atomic mass is 9.92. The minimum absolute atomic E-state index is 0.658. The van der Waals surface area contributed by atoms with E-state index >= 15 is 0 Å². The van der Waals surface area contributed by atoms with Crippen molar-refractivity contribution in [1.29, 1.82) is 0 Å². The summed E-state index contributed by atoms with van der Waals surface area (Å²) in [6.07, 6.45) is 1.55. The number of aromatic nitrogens is 4. The Morgan fingerprint density at radius 1 is 0.900 bits per heavy atom.